The van der Waals surface area contributed by atoms with Crippen LogP contribution in [0.3, 0.4) is 0 Å². The Bertz CT molecular complexity index is 1140. The molecule has 0 radical (unpaired) electrons. The van der Waals surface area contributed by atoms with Gasteiger partial charge in [-0.05, 0) is 50.3 Å². The smallest absolute Gasteiger partial charge is 0.336 e. The first kappa shape index (κ1) is 26.6. The summed E-state index contributed by atoms with van der Waals surface area (Å²) in [6.45, 7) is 3.45. The summed E-state index contributed by atoms with van der Waals surface area (Å²) in [4.78, 5) is 45.1. The molecule has 5 rings (SSSR count). The van der Waals surface area contributed by atoms with Crippen LogP contribution in [0, 0.1) is 0 Å². The zero-order chi connectivity index (χ0) is 26.5. The van der Waals surface area contributed by atoms with Gasteiger partial charge >= 0.3 is 5.97 Å². The quantitative estimate of drug-likeness (QED) is 0.481. The van der Waals surface area contributed by atoms with Crippen LogP contribution < -0.4 is 0 Å². The van der Waals surface area contributed by atoms with Crippen LogP contribution in [0.5, 0.6) is 0 Å². The van der Waals surface area contributed by atoms with Crippen molar-refractivity contribution in [2.24, 2.45) is 0 Å². The van der Waals surface area contributed by atoms with Crippen LogP contribution in [0.25, 0.3) is 0 Å². The molecule has 7 nitrogen and oxygen atoms in total. The molecule has 202 valence electrons. The van der Waals surface area contributed by atoms with Gasteiger partial charge in [0, 0.05) is 37.7 Å². The van der Waals surface area contributed by atoms with Crippen LogP contribution in [0.4, 0.5) is 0 Å². The number of hydrogen-bond donors (Lipinski definition) is 1. The lowest BCUT2D eigenvalue weighted by atomic mass is 9.82. The fraction of sp³-hybridized carbons (Fsp3) is 0.516. The average Bonchev–Trinajstić information content (AvgIpc) is 3.21. The molecule has 0 bridgehead atoms. The van der Waals surface area contributed by atoms with Gasteiger partial charge in [-0.1, -0.05) is 67.8 Å². The van der Waals surface area contributed by atoms with Crippen molar-refractivity contribution < 1.29 is 19.5 Å². The van der Waals surface area contributed by atoms with Crippen molar-refractivity contribution in [3.8, 4) is 0 Å². The predicted molar refractivity (Wildman–Crippen MR) is 146 cm³/mol. The van der Waals surface area contributed by atoms with Gasteiger partial charge < -0.3 is 14.9 Å². The second kappa shape index (κ2) is 11.8. The lowest BCUT2D eigenvalue weighted by molar-refractivity contribution is -0.137. The van der Waals surface area contributed by atoms with Crippen LogP contribution in [-0.2, 0) is 11.3 Å². The number of piperidine rings is 1. The third kappa shape index (κ3) is 5.54. The molecule has 2 saturated heterocycles. The van der Waals surface area contributed by atoms with Gasteiger partial charge in [0.2, 0.25) is 5.91 Å². The summed E-state index contributed by atoms with van der Waals surface area (Å²) < 4.78 is 0. The molecule has 3 fully saturated rings. The summed E-state index contributed by atoms with van der Waals surface area (Å²) in [5.41, 5.74) is 1.23. The SMILES string of the molecule is O=C(CCCN1CCC2(CC1)C(=O)N(Cc1ccccc1C(=O)O)CN2C1CCCCC1)c1ccccc1. The molecule has 0 unspecified atom stereocenters. The van der Waals surface area contributed by atoms with E-state index in [-0.39, 0.29) is 17.3 Å². The monoisotopic (exact) mass is 517 g/mol. The molecule has 2 aromatic carbocycles. The van der Waals surface area contributed by atoms with E-state index in [1.807, 2.05) is 47.4 Å². The van der Waals surface area contributed by atoms with Crippen molar-refractivity contribution in [1.82, 2.24) is 14.7 Å². The number of amides is 1. The van der Waals surface area contributed by atoms with Crippen molar-refractivity contribution >= 4 is 17.7 Å². The predicted octanol–water partition coefficient (Wildman–Crippen LogP) is 4.82. The van der Waals surface area contributed by atoms with E-state index in [0.717, 1.165) is 57.3 Å². The Kier molecular flexibility index (Phi) is 8.24. The van der Waals surface area contributed by atoms with Crippen molar-refractivity contribution in [3.05, 3.63) is 71.3 Å². The van der Waals surface area contributed by atoms with Crippen LogP contribution >= 0.6 is 0 Å². The number of carboxylic acids is 1. The summed E-state index contributed by atoms with van der Waals surface area (Å²) in [6.07, 6.45) is 8.84. The fourth-order valence-corrected chi connectivity index (χ4v) is 6.73. The maximum atomic E-state index is 14.1. The molecule has 1 aliphatic carbocycles. The first-order valence-electron chi connectivity index (χ1n) is 14.2. The first-order chi connectivity index (χ1) is 18.5. The zero-order valence-corrected chi connectivity index (χ0v) is 22.2. The van der Waals surface area contributed by atoms with Gasteiger partial charge in [0.25, 0.3) is 0 Å². The molecule has 0 aromatic heterocycles. The molecule has 2 heterocycles. The number of hydrogen-bond acceptors (Lipinski definition) is 5. The molecule has 7 heteroatoms. The molecule has 1 N–H and O–H groups in total. The minimum Gasteiger partial charge on any atom is -0.478 e. The summed E-state index contributed by atoms with van der Waals surface area (Å²) >= 11 is 0. The molecular weight excluding hydrogens is 478 g/mol. The van der Waals surface area contributed by atoms with E-state index in [9.17, 15) is 19.5 Å². The molecule has 1 saturated carbocycles. The van der Waals surface area contributed by atoms with E-state index in [0.29, 0.717) is 31.2 Å². The lowest BCUT2D eigenvalue weighted by Crippen LogP contribution is -2.59. The number of ketones is 1. The van der Waals surface area contributed by atoms with Gasteiger partial charge in [0.05, 0.1) is 12.2 Å². The largest absolute Gasteiger partial charge is 0.478 e. The fourth-order valence-electron chi connectivity index (χ4n) is 6.73. The van der Waals surface area contributed by atoms with Crippen molar-refractivity contribution in [2.75, 3.05) is 26.3 Å². The topological polar surface area (TPSA) is 81.2 Å². The highest BCUT2D eigenvalue weighted by Crippen LogP contribution is 2.41. The number of likely N-dealkylation sites (tertiary alicyclic amines) is 1. The first-order valence-corrected chi connectivity index (χ1v) is 14.2. The molecule has 38 heavy (non-hydrogen) atoms. The number of rotatable bonds is 9. The second-order valence-corrected chi connectivity index (χ2v) is 11.1. The Balaban J connectivity index is 1.25. The average molecular weight is 518 g/mol. The van der Waals surface area contributed by atoms with Crippen LogP contribution in [0.1, 0.15) is 84.1 Å². The van der Waals surface area contributed by atoms with Crippen molar-refractivity contribution in [1.29, 1.82) is 0 Å². The van der Waals surface area contributed by atoms with Crippen molar-refractivity contribution in [3.63, 3.8) is 0 Å². The summed E-state index contributed by atoms with van der Waals surface area (Å²) in [5, 5.41) is 9.66. The number of carbonyl (C=O) groups excluding carboxylic acids is 2. The minimum absolute atomic E-state index is 0.155. The highest BCUT2D eigenvalue weighted by molar-refractivity contribution is 5.96. The number of carbonyl (C=O) groups is 3. The van der Waals surface area contributed by atoms with Gasteiger partial charge in [0.1, 0.15) is 5.54 Å². The highest BCUT2D eigenvalue weighted by Gasteiger charge is 2.55. The molecular formula is C31H39N3O4. The van der Waals surface area contributed by atoms with Gasteiger partial charge in [-0.25, -0.2) is 4.79 Å². The molecule has 0 atom stereocenters. The highest BCUT2D eigenvalue weighted by atomic mass is 16.4. The van der Waals surface area contributed by atoms with E-state index in [1.165, 1.54) is 19.3 Å². The Hall–Kier alpha value is -3.03. The van der Waals surface area contributed by atoms with Crippen LogP contribution in [0.2, 0.25) is 0 Å². The van der Waals surface area contributed by atoms with Gasteiger partial charge in [-0.2, -0.15) is 0 Å². The lowest BCUT2D eigenvalue weighted by Gasteiger charge is -2.46. The van der Waals surface area contributed by atoms with Gasteiger partial charge in [-0.3, -0.25) is 14.5 Å². The molecule has 2 aromatic rings. The molecule has 3 aliphatic rings. The number of nitrogens with zero attached hydrogens (tertiary/aromatic N) is 3. The van der Waals surface area contributed by atoms with Crippen LogP contribution in [0.15, 0.2) is 54.6 Å². The second-order valence-electron chi connectivity index (χ2n) is 11.1. The number of benzene rings is 2. The van der Waals surface area contributed by atoms with E-state index in [4.69, 9.17) is 0 Å². The minimum atomic E-state index is -0.954. The summed E-state index contributed by atoms with van der Waals surface area (Å²) in [7, 11) is 0. The van der Waals surface area contributed by atoms with E-state index in [1.54, 1.807) is 12.1 Å². The summed E-state index contributed by atoms with van der Waals surface area (Å²) in [5.74, 6) is -0.613. The van der Waals surface area contributed by atoms with Gasteiger partial charge in [-0.15, -0.1) is 0 Å². The summed E-state index contributed by atoms with van der Waals surface area (Å²) in [6, 6.07) is 16.9. The third-order valence-corrected chi connectivity index (χ3v) is 8.84. The maximum Gasteiger partial charge on any atom is 0.336 e. The standard InChI is InChI=1S/C31H39N3O4/c35-28(24-10-3-1-4-11-24)16-9-19-32-20-17-31(18-21-32)30(38)33(23-34(31)26-13-5-2-6-14-26)22-25-12-7-8-15-27(25)29(36)37/h1,3-4,7-8,10-12,15,26H,2,5-6,9,13-14,16-23H2,(H,36,37). The Morgan fingerprint density at radius 2 is 1.61 bits per heavy atom. The third-order valence-electron chi connectivity index (χ3n) is 8.84. The normalized spacial score (nSPS) is 20.7. The van der Waals surface area contributed by atoms with Gasteiger partial charge in [0.15, 0.2) is 5.78 Å². The molecule has 1 amide bonds. The van der Waals surface area contributed by atoms with E-state index >= 15 is 0 Å². The molecule has 1 spiro atoms. The Morgan fingerprint density at radius 1 is 0.921 bits per heavy atom. The van der Waals surface area contributed by atoms with Crippen LogP contribution in [-0.4, -0.2) is 75.3 Å². The number of carboxylic acid groups (broad SMARTS) is 1. The zero-order valence-electron chi connectivity index (χ0n) is 22.2. The van der Waals surface area contributed by atoms with Crippen molar-refractivity contribution in [2.45, 2.75) is 75.9 Å². The Labute approximate surface area is 225 Å². The molecule has 2 aliphatic heterocycles. The maximum absolute atomic E-state index is 14.1. The van der Waals surface area contributed by atoms with E-state index in [2.05, 4.69) is 9.80 Å². The number of Topliss-reactive ketones (excluding diaryl/α,β-unsaturated/α-hetero) is 1. The number of aromatic carboxylic acids is 1. The van der Waals surface area contributed by atoms with E-state index < -0.39 is 11.5 Å². The Morgan fingerprint density at radius 3 is 2.32 bits per heavy atom.